The average Bonchev–Trinajstić information content (AvgIpc) is 2.63. The number of nitrogens with two attached hydrogens (primary N) is 1. The summed E-state index contributed by atoms with van der Waals surface area (Å²) in [7, 11) is 1.84. The zero-order valence-electron chi connectivity index (χ0n) is 10.8. The van der Waals surface area contributed by atoms with E-state index in [4.69, 9.17) is 10.5 Å². The number of hydrogen-bond donors (Lipinski definition) is 1. The SMILES string of the molecule is CC(C)CC(C)N(C)C(=O)C1(N)CCOC1. The Morgan fingerprint density at radius 2 is 2.12 bits per heavy atom. The predicted molar refractivity (Wildman–Crippen MR) is 64.0 cm³/mol. The normalized spacial score (nSPS) is 27.1. The molecule has 1 heterocycles. The molecule has 1 rings (SSSR count). The van der Waals surface area contributed by atoms with Gasteiger partial charge in [-0.3, -0.25) is 4.79 Å². The van der Waals surface area contributed by atoms with Crippen molar-refractivity contribution in [3.8, 4) is 0 Å². The van der Waals surface area contributed by atoms with Crippen molar-refractivity contribution >= 4 is 5.91 Å². The van der Waals surface area contributed by atoms with Crippen molar-refractivity contribution in [1.29, 1.82) is 0 Å². The summed E-state index contributed by atoms with van der Waals surface area (Å²) in [5.41, 5.74) is 5.26. The Bertz CT molecular complexity index is 247. The van der Waals surface area contributed by atoms with Crippen molar-refractivity contribution in [3.63, 3.8) is 0 Å². The second-order valence-electron chi connectivity index (χ2n) is 5.35. The molecule has 0 saturated carbocycles. The number of hydrogen-bond acceptors (Lipinski definition) is 3. The number of ether oxygens (including phenoxy) is 1. The summed E-state index contributed by atoms with van der Waals surface area (Å²) in [5, 5.41) is 0. The minimum Gasteiger partial charge on any atom is -0.379 e. The van der Waals surface area contributed by atoms with E-state index in [1.807, 2.05) is 7.05 Å². The van der Waals surface area contributed by atoms with Gasteiger partial charge in [0.25, 0.3) is 0 Å². The van der Waals surface area contributed by atoms with Gasteiger partial charge in [-0.15, -0.1) is 0 Å². The number of carbonyl (C=O) groups is 1. The van der Waals surface area contributed by atoms with Crippen LogP contribution in [0.3, 0.4) is 0 Å². The number of rotatable bonds is 4. The molecular weight excluding hydrogens is 204 g/mol. The Hall–Kier alpha value is -0.610. The first-order valence-electron chi connectivity index (χ1n) is 6.00. The first-order valence-corrected chi connectivity index (χ1v) is 6.00. The molecular formula is C12H24N2O2. The third-order valence-electron chi connectivity index (χ3n) is 3.27. The third kappa shape index (κ3) is 2.95. The number of amides is 1. The van der Waals surface area contributed by atoms with E-state index < -0.39 is 5.54 Å². The van der Waals surface area contributed by atoms with Crippen molar-refractivity contribution in [3.05, 3.63) is 0 Å². The fraction of sp³-hybridized carbons (Fsp3) is 0.917. The lowest BCUT2D eigenvalue weighted by atomic mass is 9.96. The second-order valence-corrected chi connectivity index (χ2v) is 5.35. The van der Waals surface area contributed by atoms with Gasteiger partial charge in [0, 0.05) is 19.7 Å². The maximum Gasteiger partial charge on any atom is 0.245 e. The third-order valence-corrected chi connectivity index (χ3v) is 3.27. The lowest BCUT2D eigenvalue weighted by Crippen LogP contribution is -2.56. The first-order chi connectivity index (χ1) is 7.37. The molecule has 1 aliphatic rings. The van der Waals surface area contributed by atoms with Crippen LogP contribution in [0.15, 0.2) is 0 Å². The van der Waals surface area contributed by atoms with Crippen LogP contribution in [0, 0.1) is 5.92 Å². The summed E-state index contributed by atoms with van der Waals surface area (Å²) in [4.78, 5) is 14.0. The quantitative estimate of drug-likeness (QED) is 0.781. The van der Waals surface area contributed by atoms with Gasteiger partial charge in [0.1, 0.15) is 5.54 Å². The maximum atomic E-state index is 12.2. The van der Waals surface area contributed by atoms with Gasteiger partial charge in [-0.25, -0.2) is 0 Å². The van der Waals surface area contributed by atoms with E-state index in [1.165, 1.54) is 0 Å². The van der Waals surface area contributed by atoms with E-state index in [0.29, 0.717) is 25.6 Å². The van der Waals surface area contributed by atoms with Crippen LogP contribution in [-0.4, -0.2) is 42.6 Å². The van der Waals surface area contributed by atoms with E-state index in [-0.39, 0.29) is 11.9 Å². The monoisotopic (exact) mass is 228 g/mol. The molecule has 4 heteroatoms. The van der Waals surface area contributed by atoms with Crippen LogP contribution < -0.4 is 5.73 Å². The van der Waals surface area contributed by atoms with Gasteiger partial charge >= 0.3 is 0 Å². The molecule has 1 aliphatic heterocycles. The molecule has 0 aromatic rings. The molecule has 0 spiro atoms. The van der Waals surface area contributed by atoms with Gasteiger partial charge in [-0.1, -0.05) is 13.8 Å². The molecule has 0 aliphatic carbocycles. The molecule has 4 nitrogen and oxygen atoms in total. The Balaban J connectivity index is 2.59. The Morgan fingerprint density at radius 3 is 2.56 bits per heavy atom. The molecule has 2 atom stereocenters. The van der Waals surface area contributed by atoms with E-state index >= 15 is 0 Å². The van der Waals surface area contributed by atoms with Crippen LogP contribution in [0.25, 0.3) is 0 Å². The molecule has 1 amide bonds. The van der Waals surface area contributed by atoms with Gasteiger partial charge in [-0.2, -0.15) is 0 Å². The van der Waals surface area contributed by atoms with Gasteiger partial charge in [-0.05, 0) is 25.7 Å². The summed E-state index contributed by atoms with van der Waals surface area (Å²) in [6.07, 6.45) is 1.63. The molecule has 0 aromatic carbocycles. The molecule has 16 heavy (non-hydrogen) atoms. The van der Waals surface area contributed by atoms with Gasteiger partial charge in [0.15, 0.2) is 0 Å². The Labute approximate surface area is 98.1 Å². The van der Waals surface area contributed by atoms with Crippen molar-refractivity contribution in [1.82, 2.24) is 4.90 Å². The largest absolute Gasteiger partial charge is 0.379 e. The van der Waals surface area contributed by atoms with E-state index in [2.05, 4.69) is 20.8 Å². The summed E-state index contributed by atoms with van der Waals surface area (Å²) in [6, 6.07) is 0.230. The molecule has 0 bridgehead atoms. The van der Waals surface area contributed by atoms with Gasteiger partial charge in [0.05, 0.1) is 6.61 Å². The second kappa shape index (κ2) is 5.15. The van der Waals surface area contributed by atoms with Crippen LogP contribution in [-0.2, 0) is 9.53 Å². The number of nitrogens with zero attached hydrogens (tertiary/aromatic N) is 1. The van der Waals surface area contributed by atoms with Crippen LogP contribution in [0.1, 0.15) is 33.6 Å². The zero-order chi connectivity index (χ0) is 12.3. The van der Waals surface area contributed by atoms with Crippen LogP contribution in [0.5, 0.6) is 0 Å². The van der Waals surface area contributed by atoms with Gasteiger partial charge < -0.3 is 15.4 Å². The minimum absolute atomic E-state index is 0.0122. The Kier molecular flexibility index (Phi) is 4.33. The highest BCUT2D eigenvalue weighted by Crippen LogP contribution is 2.20. The average molecular weight is 228 g/mol. The first kappa shape index (κ1) is 13.5. The molecule has 2 N–H and O–H groups in total. The molecule has 0 radical (unpaired) electrons. The van der Waals surface area contributed by atoms with Crippen molar-refractivity contribution in [2.24, 2.45) is 11.7 Å². The fourth-order valence-corrected chi connectivity index (χ4v) is 2.14. The highest BCUT2D eigenvalue weighted by Gasteiger charge is 2.41. The summed E-state index contributed by atoms with van der Waals surface area (Å²) < 4.78 is 5.22. The highest BCUT2D eigenvalue weighted by molar-refractivity contribution is 5.86. The van der Waals surface area contributed by atoms with E-state index in [1.54, 1.807) is 4.90 Å². The predicted octanol–water partition coefficient (Wildman–Crippen LogP) is 0.997. The van der Waals surface area contributed by atoms with Crippen molar-refractivity contribution in [2.45, 2.75) is 45.2 Å². The van der Waals surface area contributed by atoms with Crippen molar-refractivity contribution in [2.75, 3.05) is 20.3 Å². The maximum absolute atomic E-state index is 12.2. The lowest BCUT2D eigenvalue weighted by Gasteiger charge is -2.32. The summed E-state index contributed by atoms with van der Waals surface area (Å²) in [5.74, 6) is 0.594. The fourth-order valence-electron chi connectivity index (χ4n) is 2.14. The highest BCUT2D eigenvalue weighted by atomic mass is 16.5. The number of likely N-dealkylation sites (N-methyl/N-ethyl adjacent to an activating group) is 1. The molecule has 94 valence electrons. The molecule has 0 aromatic heterocycles. The van der Waals surface area contributed by atoms with Crippen LogP contribution in [0.4, 0.5) is 0 Å². The molecule has 2 unspecified atom stereocenters. The topological polar surface area (TPSA) is 55.6 Å². The van der Waals surface area contributed by atoms with Crippen molar-refractivity contribution < 1.29 is 9.53 Å². The van der Waals surface area contributed by atoms with Crippen LogP contribution in [0.2, 0.25) is 0 Å². The van der Waals surface area contributed by atoms with Crippen LogP contribution >= 0.6 is 0 Å². The van der Waals surface area contributed by atoms with E-state index in [0.717, 1.165) is 6.42 Å². The van der Waals surface area contributed by atoms with E-state index in [9.17, 15) is 4.79 Å². The summed E-state index contributed by atoms with van der Waals surface area (Å²) in [6.45, 7) is 7.33. The molecule has 1 fully saturated rings. The zero-order valence-corrected chi connectivity index (χ0v) is 10.8. The lowest BCUT2D eigenvalue weighted by molar-refractivity contribution is -0.137. The smallest absolute Gasteiger partial charge is 0.245 e. The molecule has 1 saturated heterocycles. The minimum atomic E-state index is -0.792. The standard InChI is InChI=1S/C12H24N2O2/c1-9(2)7-10(3)14(4)11(15)12(13)5-6-16-8-12/h9-10H,5-8,13H2,1-4H3. The van der Waals surface area contributed by atoms with Gasteiger partial charge in [0.2, 0.25) is 5.91 Å². The Morgan fingerprint density at radius 1 is 1.50 bits per heavy atom. The summed E-state index contributed by atoms with van der Waals surface area (Å²) >= 11 is 0. The number of carbonyl (C=O) groups excluding carboxylic acids is 1.